The van der Waals surface area contributed by atoms with Crippen LogP contribution in [0.3, 0.4) is 0 Å². The average molecular weight is 381 g/mol. The summed E-state index contributed by atoms with van der Waals surface area (Å²) < 4.78 is 0. The van der Waals surface area contributed by atoms with Crippen molar-refractivity contribution in [3.8, 4) is 22.3 Å². The lowest BCUT2D eigenvalue weighted by atomic mass is 9.61. The van der Waals surface area contributed by atoms with Gasteiger partial charge in [-0.15, -0.1) is 0 Å². The van der Waals surface area contributed by atoms with E-state index in [4.69, 9.17) is 5.73 Å². The summed E-state index contributed by atoms with van der Waals surface area (Å²) in [6.45, 7) is 0. The van der Waals surface area contributed by atoms with Crippen LogP contribution in [-0.2, 0) is 5.41 Å². The molecular formula is C29H19N. The molecule has 1 nitrogen and oxygen atoms in total. The van der Waals surface area contributed by atoms with Gasteiger partial charge in [-0.2, -0.15) is 0 Å². The van der Waals surface area contributed by atoms with Gasteiger partial charge in [0.15, 0.2) is 0 Å². The zero-order valence-corrected chi connectivity index (χ0v) is 16.4. The summed E-state index contributed by atoms with van der Waals surface area (Å²) in [6.07, 6.45) is 0. The maximum absolute atomic E-state index is 6.47. The van der Waals surface area contributed by atoms with Crippen LogP contribution in [0.25, 0.3) is 33.0 Å². The van der Waals surface area contributed by atoms with E-state index in [-0.39, 0.29) is 5.41 Å². The molecule has 140 valence electrons. The molecule has 0 atom stereocenters. The standard InChI is InChI=1S/C29H19N/c30-27-17-16-21-20-10-3-6-14-25(20)29(26-15-7-11-22(27)28(21)26)23-12-4-1-8-18(23)19-9-2-5-13-24(19)29/h1-17H,30H2. The van der Waals surface area contributed by atoms with Crippen molar-refractivity contribution in [2.45, 2.75) is 5.41 Å². The summed E-state index contributed by atoms with van der Waals surface area (Å²) in [5.74, 6) is 0. The molecule has 2 N–H and O–H groups in total. The van der Waals surface area contributed by atoms with E-state index in [1.165, 1.54) is 49.9 Å². The second-order valence-electron chi connectivity index (χ2n) is 8.32. The molecule has 0 fully saturated rings. The Labute approximate surface area is 175 Å². The minimum atomic E-state index is -0.329. The Kier molecular flexibility index (Phi) is 2.88. The minimum Gasteiger partial charge on any atom is -0.398 e. The van der Waals surface area contributed by atoms with E-state index in [0.717, 1.165) is 11.1 Å². The normalized spacial score (nSPS) is 14.4. The lowest BCUT2D eigenvalue weighted by molar-refractivity contribution is 0.773. The molecule has 5 aromatic rings. The van der Waals surface area contributed by atoms with Crippen molar-refractivity contribution < 1.29 is 0 Å². The third-order valence-electron chi connectivity index (χ3n) is 7.05. The first-order valence-corrected chi connectivity index (χ1v) is 10.4. The number of benzene rings is 5. The topological polar surface area (TPSA) is 26.0 Å². The quantitative estimate of drug-likeness (QED) is 0.288. The molecule has 2 aliphatic carbocycles. The van der Waals surface area contributed by atoms with Crippen LogP contribution >= 0.6 is 0 Å². The van der Waals surface area contributed by atoms with Crippen LogP contribution in [0.2, 0.25) is 0 Å². The summed E-state index contributed by atoms with van der Waals surface area (Å²) in [7, 11) is 0. The molecular weight excluding hydrogens is 362 g/mol. The summed E-state index contributed by atoms with van der Waals surface area (Å²) in [5, 5.41) is 2.42. The second kappa shape index (κ2) is 5.40. The third kappa shape index (κ3) is 1.67. The lowest BCUT2D eigenvalue weighted by Crippen LogP contribution is -2.31. The third-order valence-corrected chi connectivity index (χ3v) is 7.05. The summed E-state index contributed by atoms with van der Waals surface area (Å²) in [6, 6.07) is 37.6. The smallest absolute Gasteiger partial charge is 0.0725 e. The van der Waals surface area contributed by atoms with Crippen LogP contribution < -0.4 is 5.73 Å². The van der Waals surface area contributed by atoms with Crippen LogP contribution in [0.4, 0.5) is 5.69 Å². The fourth-order valence-corrected chi connectivity index (χ4v) is 5.97. The van der Waals surface area contributed by atoms with E-state index in [1.54, 1.807) is 0 Å². The van der Waals surface area contributed by atoms with Crippen molar-refractivity contribution in [1.82, 2.24) is 0 Å². The van der Waals surface area contributed by atoms with Gasteiger partial charge in [-0.1, -0.05) is 97.1 Å². The lowest BCUT2D eigenvalue weighted by Gasteiger charge is -2.40. The maximum atomic E-state index is 6.47. The van der Waals surface area contributed by atoms with Crippen LogP contribution in [0.5, 0.6) is 0 Å². The van der Waals surface area contributed by atoms with Crippen molar-refractivity contribution in [3.63, 3.8) is 0 Å². The van der Waals surface area contributed by atoms with Crippen molar-refractivity contribution in [2.75, 3.05) is 5.73 Å². The van der Waals surface area contributed by atoms with E-state index in [2.05, 4.69) is 97.1 Å². The van der Waals surface area contributed by atoms with Gasteiger partial charge in [0.05, 0.1) is 5.41 Å². The first-order chi connectivity index (χ1) is 14.8. The fraction of sp³-hybridized carbons (Fsp3) is 0.0345. The highest BCUT2D eigenvalue weighted by atomic mass is 14.6. The second-order valence-corrected chi connectivity index (χ2v) is 8.32. The van der Waals surface area contributed by atoms with Crippen molar-refractivity contribution in [2.24, 2.45) is 0 Å². The Bertz CT molecular complexity index is 1460. The highest BCUT2D eigenvalue weighted by Gasteiger charge is 2.49. The van der Waals surface area contributed by atoms with Crippen LogP contribution in [0.15, 0.2) is 103 Å². The largest absolute Gasteiger partial charge is 0.398 e. The van der Waals surface area contributed by atoms with E-state index < -0.39 is 0 Å². The van der Waals surface area contributed by atoms with Gasteiger partial charge in [-0.05, 0) is 56.0 Å². The Hall–Kier alpha value is -3.84. The van der Waals surface area contributed by atoms with Gasteiger partial charge >= 0.3 is 0 Å². The molecule has 0 heterocycles. The fourth-order valence-electron chi connectivity index (χ4n) is 5.97. The van der Waals surface area contributed by atoms with Gasteiger partial charge in [0, 0.05) is 11.1 Å². The number of nitrogens with two attached hydrogens (primary N) is 1. The molecule has 0 radical (unpaired) electrons. The average Bonchev–Trinajstić information content (AvgIpc) is 3.10. The molecule has 5 aromatic carbocycles. The summed E-state index contributed by atoms with van der Waals surface area (Å²) >= 11 is 0. The van der Waals surface area contributed by atoms with Gasteiger partial charge in [0.2, 0.25) is 0 Å². The monoisotopic (exact) mass is 381 g/mol. The molecule has 7 rings (SSSR count). The number of hydrogen-bond donors (Lipinski definition) is 1. The van der Waals surface area contributed by atoms with Gasteiger partial charge in [-0.3, -0.25) is 0 Å². The van der Waals surface area contributed by atoms with Crippen LogP contribution in [-0.4, -0.2) is 0 Å². The zero-order chi connectivity index (χ0) is 19.9. The minimum absolute atomic E-state index is 0.329. The number of rotatable bonds is 0. The molecule has 0 unspecified atom stereocenters. The van der Waals surface area contributed by atoms with Gasteiger partial charge in [0.1, 0.15) is 0 Å². The molecule has 0 amide bonds. The van der Waals surface area contributed by atoms with E-state index >= 15 is 0 Å². The van der Waals surface area contributed by atoms with Crippen molar-refractivity contribution in [3.05, 3.63) is 125 Å². The molecule has 0 aliphatic heterocycles. The Morgan fingerprint density at radius 3 is 1.53 bits per heavy atom. The maximum Gasteiger partial charge on any atom is 0.0725 e. The van der Waals surface area contributed by atoms with E-state index in [1.807, 2.05) is 6.07 Å². The zero-order valence-electron chi connectivity index (χ0n) is 16.4. The van der Waals surface area contributed by atoms with Crippen molar-refractivity contribution in [1.29, 1.82) is 0 Å². The molecule has 0 aromatic heterocycles. The number of anilines is 1. The van der Waals surface area contributed by atoms with Crippen molar-refractivity contribution >= 4 is 16.5 Å². The molecule has 1 spiro atoms. The molecule has 2 aliphatic rings. The molecule has 30 heavy (non-hydrogen) atoms. The first-order valence-electron chi connectivity index (χ1n) is 10.4. The molecule has 0 saturated carbocycles. The molecule has 0 saturated heterocycles. The number of nitrogen functional groups attached to an aromatic ring is 1. The van der Waals surface area contributed by atoms with Gasteiger partial charge < -0.3 is 5.73 Å². The predicted octanol–water partition coefficient (Wildman–Crippen LogP) is 6.77. The predicted molar refractivity (Wildman–Crippen MR) is 125 cm³/mol. The summed E-state index contributed by atoms with van der Waals surface area (Å²) in [5.41, 5.74) is 17.6. The van der Waals surface area contributed by atoms with Gasteiger partial charge in [0.25, 0.3) is 0 Å². The Balaban J connectivity index is 1.80. The van der Waals surface area contributed by atoms with E-state index in [0.29, 0.717) is 0 Å². The Morgan fingerprint density at radius 1 is 0.433 bits per heavy atom. The first kappa shape index (κ1) is 16.0. The van der Waals surface area contributed by atoms with Gasteiger partial charge in [-0.25, -0.2) is 0 Å². The number of hydrogen-bond acceptors (Lipinski definition) is 1. The highest BCUT2D eigenvalue weighted by Crippen LogP contribution is 2.61. The Morgan fingerprint density at radius 2 is 0.933 bits per heavy atom. The van der Waals surface area contributed by atoms with Crippen LogP contribution in [0, 0.1) is 0 Å². The van der Waals surface area contributed by atoms with Crippen LogP contribution in [0.1, 0.15) is 22.3 Å². The summed E-state index contributed by atoms with van der Waals surface area (Å²) in [4.78, 5) is 0. The number of fused-ring (bicyclic) bond motifs is 9. The molecule has 0 bridgehead atoms. The molecule has 1 heteroatoms. The highest BCUT2D eigenvalue weighted by molar-refractivity contribution is 6.10. The van der Waals surface area contributed by atoms with E-state index in [9.17, 15) is 0 Å². The SMILES string of the molecule is Nc1ccc2c3c(cccc13)C1(c3ccccc3-c3ccccc31)c1ccccc1-2.